The second-order valence-corrected chi connectivity index (χ2v) is 4.32. The molecule has 0 aromatic carbocycles. The largest absolute Gasteiger partial charge is 0.381 e. The van der Waals surface area contributed by atoms with Crippen molar-refractivity contribution < 1.29 is 4.74 Å². The second kappa shape index (κ2) is 4.81. The highest BCUT2D eigenvalue weighted by Gasteiger charge is 2.21. The molecule has 82 valence electrons. The van der Waals surface area contributed by atoms with E-state index in [4.69, 9.17) is 16.3 Å². The molecular formula is C11H15ClN2O. The lowest BCUT2D eigenvalue weighted by molar-refractivity contribution is 0.0537. The quantitative estimate of drug-likeness (QED) is 0.788. The predicted octanol–water partition coefficient (Wildman–Crippen LogP) is 2.57. The number of pyridine rings is 1. The third-order valence-electron chi connectivity index (χ3n) is 2.69. The number of hydrogen-bond donors (Lipinski definition) is 1. The standard InChI is InChI=1S/C11H15ClN2O/c1-8-7-15-6-5-9(8)13-11-4-2-3-10(12)14-11/h2-4,8-9H,5-7H2,1H3,(H,13,14). The molecule has 1 N–H and O–H groups in total. The van der Waals surface area contributed by atoms with Crippen molar-refractivity contribution in [3.8, 4) is 0 Å². The lowest BCUT2D eigenvalue weighted by Crippen LogP contribution is -2.36. The molecule has 0 bridgehead atoms. The lowest BCUT2D eigenvalue weighted by Gasteiger charge is -2.29. The molecule has 0 spiro atoms. The number of halogens is 1. The Morgan fingerprint density at radius 2 is 2.40 bits per heavy atom. The van der Waals surface area contributed by atoms with Crippen molar-refractivity contribution in [1.29, 1.82) is 0 Å². The molecule has 1 aromatic rings. The minimum atomic E-state index is 0.435. The third-order valence-corrected chi connectivity index (χ3v) is 2.90. The van der Waals surface area contributed by atoms with Crippen LogP contribution in [0.2, 0.25) is 5.15 Å². The van der Waals surface area contributed by atoms with Gasteiger partial charge in [0.05, 0.1) is 6.61 Å². The molecule has 1 aliphatic heterocycles. The molecule has 2 rings (SSSR count). The fraction of sp³-hybridized carbons (Fsp3) is 0.545. The van der Waals surface area contributed by atoms with Gasteiger partial charge in [0.2, 0.25) is 0 Å². The molecular weight excluding hydrogens is 212 g/mol. The van der Waals surface area contributed by atoms with E-state index in [0.29, 0.717) is 17.1 Å². The molecule has 0 amide bonds. The van der Waals surface area contributed by atoms with E-state index < -0.39 is 0 Å². The summed E-state index contributed by atoms with van der Waals surface area (Å²) < 4.78 is 5.39. The molecule has 2 heterocycles. The summed E-state index contributed by atoms with van der Waals surface area (Å²) in [6.45, 7) is 3.82. The average molecular weight is 227 g/mol. The van der Waals surface area contributed by atoms with Crippen LogP contribution in [-0.4, -0.2) is 24.2 Å². The maximum Gasteiger partial charge on any atom is 0.131 e. The molecule has 1 saturated heterocycles. The van der Waals surface area contributed by atoms with Crippen LogP contribution in [0.1, 0.15) is 13.3 Å². The molecule has 0 aliphatic carbocycles. The fourth-order valence-electron chi connectivity index (χ4n) is 1.77. The van der Waals surface area contributed by atoms with E-state index in [1.165, 1.54) is 0 Å². The first kappa shape index (κ1) is 10.7. The predicted molar refractivity (Wildman–Crippen MR) is 61.3 cm³/mol. The van der Waals surface area contributed by atoms with Gasteiger partial charge in [0.25, 0.3) is 0 Å². The monoisotopic (exact) mass is 226 g/mol. The van der Waals surface area contributed by atoms with Gasteiger partial charge in [0.1, 0.15) is 11.0 Å². The summed E-state index contributed by atoms with van der Waals surface area (Å²) in [5.74, 6) is 1.36. The zero-order valence-electron chi connectivity index (χ0n) is 8.74. The smallest absolute Gasteiger partial charge is 0.131 e. The maximum atomic E-state index is 5.82. The topological polar surface area (TPSA) is 34.1 Å². The van der Waals surface area contributed by atoms with E-state index in [9.17, 15) is 0 Å². The zero-order valence-corrected chi connectivity index (χ0v) is 9.50. The van der Waals surface area contributed by atoms with Gasteiger partial charge in [0.15, 0.2) is 0 Å². The van der Waals surface area contributed by atoms with Gasteiger partial charge in [-0.2, -0.15) is 0 Å². The Hall–Kier alpha value is -0.800. The van der Waals surface area contributed by atoms with Gasteiger partial charge in [-0.3, -0.25) is 0 Å². The van der Waals surface area contributed by atoms with E-state index in [0.717, 1.165) is 25.5 Å². The Morgan fingerprint density at radius 1 is 1.53 bits per heavy atom. The first-order valence-electron chi connectivity index (χ1n) is 5.22. The Balaban J connectivity index is 2.01. The van der Waals surface area contributed by atoms with Crippen LogP contribution in [0.25, 0.3) is 0 Å². The van der Waals surface area contributed by atoms with E-state index in [1.807, 2.05) is 12.1 Å². The van der Waals surface area contributed by atoms with Crippen LogP contribution in [0.5, 0.6) is 0 Å². The van der Waals surface area contributed by atoms with Gasteiger partial charge in [-0.1, -0.05) is 24.6 Å². The number of nitrogens with one attached hydrogen (secondary N) is 1. The van der Waals surface area contributed by atoms with E-state index in [1.54, 1.807) is 6.07 Å². The van der Waals surface area contributed by atoms with Crippen molar-refractivity contribution in [3.63, 3.8) is 0 Å². The number of ether oxygens (including phenoxy) is 1. The number of rotatable bonds is 2. The second-order valence-electron chi connectivity index (χ2n) is 3.94. The average Bonchev–Trinajstić information content (AvgIpc) is 2.22. The van der Waals surface area contributed by atoms with Crippen LogP contribution in [0, 0.1) is 5.92 Å². The molecule has 2 unspecified atom stereocenters. The van der Waals surface area contributed by atoms with Gasteiger partial charge in [-0.25, -0.2) is 4.98 Å². The summed E-state index contributed by atoms with van der Waals surface area (Å²) in [5.41, 5.74) is 0. The SMILES string of the molecule is CC1COCCC1Nc1cccc(Cl)n1. The summed E-state index contributed by atoms with van der Waals surface area (Å²) in [4.78, 5) is 4.22. The van der Waals surface area contributed by atoms with Crippen LogP contribution in [0.3, 0.4) is 0 Å². The van der Waals surface area contributed by atoms with E-state index in [2.05, 4.69) is 17.2 Å². The van der Waals surface area contributed by atoms with Gasteiger partial charge >= 0.3 is 0 Å². The normalized spacial score (nSPS) is 26.3. The van der Waals surface area contributed by atoms with Crippen molar-refractivity contribution in [2.24, 2.45) is 5.92 Å². The number of hydrogen-bond acceptors (Lipinski definition) is 3. The Morgan fingerprint density at radius 3 is 3.13 bits per heavy atom. The highest BCUT2D eigenvalue weighted by atomic mass is 35.5. The Bertz CT molecular complexity index is 332. The van der Waals surface area contributed by atoms with Crippen LogP contribution < -0.4 is 5.32 Å². The van der Waals surface area contributed by atoms with Gasteiger partial charge in [-0.05, 0) is 24.5 Å². The number of anilines is 1. The number of aromatic nitrogens is 1. The minimum absolute atomic E-state index is 0.435. The van der Waals surface area contributed by atoms with Gasteiger partial charge in [0, 0.05) is 12.6 Å². The van der Waals surface area contributed by atoms with Crippen LogP contribution in [-0.2, 0) is 4.74 Å². The van der Waals surface area contributed by atoms with Crippen LogP contribution in [0.15, 0.2) is 18.2 Å². The Labute approximate surface area is 94.8 Å². The first-order chi connectivity index (χ1) is 7.25. The molecule has 1 aliphatic rings. The van der Waals surface area contributed by atoms with Gasteiger partial charge in [-0.15, -0.1) is 0 Å². The first-order valence-corrected chi connectivity index (χ1v) is 5.60. The Kier molecular flexibility index (Phi) is 3.44. The summed E-state index contributed by atoms with van der Waals surface area (Å²) >= 11 is 5.82. The van der Waals surface area contributed by atoms with Gasteiger partial charge < -0.3 is 10.1 Å². The van der Waals surface area contributed by atoms with Crippen molar-refractivity contribution in [3.05, 3.63) is 23.4 Å². The third kappa shape index (κ3) is 2.83. The van der Waals surface area contributed by atoms with Crippen molar-refractivity contribution in [1.82, 2.24) is 4.98 Å². The van der Waals surface area contributed by atoms with Crippen LogP contribution >= 0.6 is 11.6 Å². The number of nitrogens with zero attached hydrogens (tertiary/aromatic N) is 1. The molecule has 4 heteroatoms. The summed E-state index contributed by atoms with van der Waals surface area (Å²) in [5, 5.41) is 3.92. The highest BCUT2D eigenvalue weighted by molar-refractivity contribution is 6.29. The lowest BCUT2D eigenvalue weighted by atomic mass is 9.98. The zero-order chi connectivity index (χ0) is 10.7. The molecule has 2 atom stereocenters. The minimum Gasteiger partial charge on any atom is -0.381 e. The molecule has 3 nitrogen and oxygen atoms in total. The maximum absolute atomic E-state index is 5.82. The van der Waals surface area contributed by atoms with Crippen LogP contribution in [0.4, 0.5) is 5.82 Å². The highest BCUT2D eigenvalue weighted by Crippen LogP contribution is 2.19. The van der Waals surface area contributed by atoms with E-state index in [-0.39, 0.29) is 0 Å². The molecule has 0 saturated carbocycles. The summed E-state index contributed by atoms with van der Waals surface area (Å²) in [7, 11) is 0. The summed E-state index contributed by atoms with van der Waals surface area (Å²) in [6.07, 6.45) is 1.02. The molecule has 1 fully saturated rings. The fourth-order valence-corrected chi connectivity index (χ4v) is 1.94. The molecule has 1 aromatic heterocycles. The summed E-state index contributed by atoms with van der Waals surface area (Å²) in [6, 6.07) is 6.06. The van der Waals surface area contributed by atoms with Crippen molar-refractivity contribution in [2.75, 3.05) is 18.5 Å². The van der Waals surface area contributed by atoms with E-state index >= 15 is 0 Å². The molecule has 15 heavy (non-hydrogen) atoms. The molecule has 0 radical (unpaired) electrons. The van der Waals surface area contributed by atoms with Crippen molar-refractivity contribution >= 4 is 17.4 Å². The van der Waals surface area contributed by atoms with Crippen molar-refractivity contribution in [2.45, 2.75) is 19.4 Å².